The Labute approximate surface area is 282 Å². The van der Waals surface area contributed by atoms with Crippen LogP contribution in [0.5, 0.6) is 0 Å². The van der Waals surface area contributed by atoms with Gasteiger partial charge < -0.3 is 4.90 Å². The van der Waals surface area contributed by atoms with Crippen LogP contribution in [0.3, 0.4) is 0 Å². The number of anilines is 3. The standard InChI is InChI=1S/C47H35N/c1-47(2)44-22-8-7-19-42(44)43-21-11-23-45(46(43)47)48(38-28-26-34(27-29-38)41-20-10-15-33-13-5-6-18-40(33)41)39-17-9-16-36(31-39)37-25-24-32-12-3-4-14-35(32)30-37/h3-31H,1-2H3. The highest BCUT2D eigenvalue weighted by Crippen LogP contribution is 2.54. The van der Waals surface area contributed by atoms with E-state index < -0.39 is 0 Å². The summed E-state index contributed by atoms with van der Waals surface area (Å²) in [5.41, 5.74) is 13.6. The van der Waals surface area contributed by atoms with E-state index >= 15 is 0 Å². The molecule has 0 aromatic heterocycles. The molecular weight excluding hydrogens is 579 g/mol. The van der Waals surface area contributed by atoms with E-state index in [4.69, 9.17) is 0 Å². The van der Waals surface area contributed by atoms with Gasteiger partial charge in [-0.15, -0.1) is 0 Å². The summed E-state index contributed by atoms with van der Waals surface area (Å²) >= 11 is 0. The Morgan fingerprint density at radius 3 is 1.90 bits per heavy atom. The van der Waals surface area contributed by atoms with Crippen LogP contribution in [-0.2, 0) is 5.41 Å². The first kappa shape index (κ1) is 28.3. The van der Waals surface area contributed by atoms with Crippen LogP contribution in [0, 0.1) is 0 Å². The first-order valence-electron chi connectivity index (χ1n) is 16.8. The maximum atomic E-state index is 2.46. The number of nitrogens with zero attached hydrogens (tertiary/aromatic N) is 1. The molecule has 48 heavy (non-hydrogen) atoms. The Bertz CT molecular complexity index is 2480. The van der Waals surface area contributed by atoms with Gasteiger partial charge in [0.1, 0.15) is 0 Å². The zero-order chi connectivity index (χ0) is 32.2. The molecular formula is C47H35N. The van der Waals surface area contributed by atoms with Crippen molar-refractivity contribution in [2.24, 2.45) is 0 Å². The summed E-state index contributed by atoms with van der Waals surface area (Å²) in [5, 5.41) is 5.04. The minimum atomic E-state index is -0.153. The van der Waals surface area contributed by atoms with Gasteiger partial charge in [-0.2, -0.15) is 0 Å². The smallest absolute Gasteiger partial charge is 0.0508 e. The molecule has 1 aliphatic carbocycles. The minimum Gasteiger partial charge on any atom is -0.310 e. The molecule has 1 nitrogen and oxygen atoms in total. The van der Waals surface area contributed by atoms with Gasteiger partial charge in [-0.3, -0.25) is 0 Å². The van der Waals surface area contributed by atoms with Gasteiger partial charge in [0.05, 0.1) is 5.69 Å². The van der Waals surface area contributed by atoms with E-state index in [0.29, 0.717) is 0 Å². The average Bonchev–Trinajstić information content (AvgIpc) is 3.38. The van der Waals surface area contributed by atoms with Crippen molar-refractivity contribution in [1.29, 1.82) is 0 Å². The monoisotopic (exact) mass is 613 g/mol. The topological polar surface area (TPSA) is 3.24 Å². The zero-order valence-electron chi connectivity index (χ0n) is 27.2. The van der Waals surface area contributed by atoms with E-state index in [1.807, 2.05) is 0 Å². The molecule has 0 saturated carbocycles. The van der Waals surface area contributed by atoms with Crippen LogP contribution in [0.1, 0.15) is 25.0 Å². The molecule has 0 atom stereocenters. The third-order valence-electron chi connectivity index (χ3n) is 10.2. The number of hydrogen-bond acceptors (Lipinski definition) is 1. The fourth-order valence-electron chi connectivity index (χ4n) is 7.89. The molecule has 0 unspecified atom stereocenters. The zero-order valence-corrected chi connectivity index (χ0v) is 27.2. The summed E-state index contributed by atoms with van der Waals surface area (Å²) in [6, 6.07) is 64.4. The van der Waals surface area contributed by atoms with Crippen LogP contribution in [0.15, 0.2) is 176 Å². The van der Waals surface area contributed by atoms with E-state index in [0.717, 1.165) is 11.4 Å². The van der Waals surface area contributed by atoms with E-state index in [2.05, 4.69) is 195 Å². The quantitative estimate of drug-likeness (QED) is 0.187. The van der Waals surface area contributed by atoms with Crippen LogP contribution in [0.25, 0.3) is 54.9 Å². The molecule has 1 aliphatic rings. The van der Waals surface area contributed by atoms with Crippen molar-refractivity contribution in [2.45, 2.75) is 19.3 Å². The van der Waals surface area contributed by atoms with E-state index in [1.165, 1.54) is 71.7 Å². The van der Waals surface area contributed by atoms with Crippen LogP contribution in [0.2, 0.25) is 0 Å². The molecule has 0 amide bonds. The van der Waals surface area contributed by atoms with Crippen LogP contribution < -0.4 is 4.90 Å². The summed E-state index contributed by atoms with van der Waals surface area (Å²) in [6.07, 6.45) is 0. The fourth-order valence-corrected chi connectivity index (χ4v) is 7.89. The molecule has 0 radical (unpaired) electrons. The molecule has 8 aromatic rings. The molecule has 0 bridgehead atoms. The molecule has 0 heterocycles. The lowest BCUT2D eigenvalue weighted by atomic mass is 9.81. The van der Waals surface area contributed by atoms with Gasteiger partial charge in [0.25, 0.3) is 0 Å². The lowest BCUT2D eigenvalue weighted by Gasteiger charge is -2.32. The lowest BCUT2D eigenvalue weighted by molar-refractivity contribution is 0.661. The predicted octanol–water partition coefficient (Wildman–Crippen LogP) is 13.1. The Morgan fingerprint density at radius 2 is 1.02 bits per heavy atom. The molecule has 228 valence electrons. The highest BCUT2D eigenvalue weighted by atomic mass is 15.1. The van der Waals surface area contributed by atoms with Gasteiger partial charge in [-0.1, -0.05) is 153 Å². The molecule has 1 heteroatoms. The molecule has 0 fully saturated rings. The highest BCUT2D eigenvalue weighted by Gasteiger charge is 2.38. The number of rotatable bonds is 5. The first-order chi connectivity index (χ1) is 23.6. The predicted molar refractivity (Wildman–Crippen MR) is 205 cm³/mol. The second kappa shape index (κ2) is 11.1. The van der Waals surface area contributed by atoms with Gasteiger partial charge in [0.15, 0.2) is 0 Å². The number of hydrogen-bond donors (Lipinski definition) is 0. The Kier molecular flexibility index (Phi) is 6.55. The SMILES string of the molecule is CC1(C)c2ccccc2-c2cccc(N(c3ccc(-c4cccc5ccccc45)cc3)c3cccc(-c4ccc5ccccc5c4)c3)c21. The number of benzene rings is 8. The summed E-state index contributed by atoms with van der Waals surface area (Å²) in [5.74, 6) is 0. The molecule has 8 aromatic carbocycles. The van der Waals surface area contributed by atoms with Crippen molar-refractivity contribution >= 4 is 38.6 Å². The Morgan fingerprint density at radius 1 is 0.396 bits per heavy atom. The molecule has 0 spiro atoms. The molecule has 0 N–H and O–H groups in total. The Balaban J connectivity index is 1.22. The summed E-state index contributed by atoms with van der Waals surface area (Å²) < 4.78 is 0. The van der Waals surface area contributed by atoms with Crippen LogP contribution in [-0.4, -0.2) is 0 Å². The van der Waals surface area contributed by atoms with Crippen molar-refractivity contribution < 1.29 is 0 Å². The fraction of sp³-hybridized carbons (Fsp3) is 0.0638. The maximum Gasteiger partial charge on any atom is 0.0508 e. The summed E-state index contributed by atoms with van der Waals surface area (Å²) in [4.78, 5) is 2.46. The van der Waals surface area contributed by atoms with Gasteiger partial charge in [-0.25, -0.2) is 0 Å². The van der Waals surface area contributed by atoms with Crippen molar-refractivity contribution in [1.82, 2.24) is 0 Å². The maximum absolute atomic E-state index is 2.46. The van der Waals surface area contributed by atoms with Gasteiger partial charge >= 0.3 is 0 Å². The van der Waals surface area contributed by atoms with Gasteiger partial charge in [-0.05, 0) is 102 Å². The molecule has 0 aliphatic heterocycles. The van der Waals surface area contributed by atoms with Crippen molar-refractivity contribution in [3.8, 4) is 33.4 Å². The van der Waals surface area contributed by atoms with Crippen molar-refractivity contribution in [2.75, 3.05) is 4.90 Å². The Hall–Kier alpha value is -5.92. The van der Waals surface area contributed by atoms with E-state index in [9.17, 15) is 0 Å². The number of fused-ring (bicyclic) bond motifs is 5. The normalized spacial score (nSPS) is 13.0. The van der Waals surface area contributed by atoms with Crippen molar-refractivity contribution in [3.63, 3.8) is 0 Å². The van der Waals surface area contributed by atoms with Gasteiger partial charge in [0, 0.05) is 16.8 Å². The second-order valence-corrected chi connectivity index (χ2v) is 13.4. The molecule has 9 rings (SSSR count). The highest BCUT2D eigenvalue weighted by molar-refractivity contribution is 5.97. The molecule has 0 saturated heterocycles. The second-order valence-electron chi connectivity index (χ2n) is 13.4. The van der Waals surface area contributed by atoms with Crippen LogP contribution >= 0.6 is 0 Å². The summed E-state index contributed by atoms with van der Waals surface area (Å²) in [6.45, 7) is 4.74. The lowest BCUT2D eigenvalue weighted by Crippen LogP contribution is -2.20. The van der Waals surface area contributed by atoms with Crippen molar-refractivity contribution in [3.05, 3.63) is 187 Å². The van der Waals surface area contributed by atoms with E-state index in [1.54, 1.807) is 0 Å². The van der Waals surface area contributed by atoms with Crippen LogP contribution in [0.4, 0.5) is 17.1 Å². The largest absolute Gasteiger partial charge is 0.310 e. The summed E-state index contributed by atoms with van der Waals surface area (Å²) in [7, 11) is 0. The first-order valence-corrected chi connectivity index (χ1v) is 16.8. The van der Waals surface area contributed by atoms with Gasteiger partial charge in [0.2, 0.25) is 0 Å². The third-order valence-corrected chi connectivity index (χ3v) is 10.2. The minimum absolute atomic E-state index is 0.153. The average molecular weight is 614 g/mol. The van der Waals surface area contributed by atoms with E-state index in [-0.39, 0.29) is 5.41 Å². The third kappa shape index (κ3) is 4.54.